The SMILES string of the molecule is CCCCCCC(=O)N1CCC(Cc2ccccc2NC(=O)Nc2cc(C(C)(C)C)nn2-c2ccc(C)cc2)CC1. The molecule has 0 spiro atoms. The van der Waals surface area contributed by atoms with Crippen LogP contribution in [0, 0.1) is 12.8 Å². The van der Waals surface area contributed by atoms with Crippen molar-refractivity contribution in [2.24, 2.45) is 5.92 Å². The molecule has 1 fully saturated rings. The van der Waals surface area contributed by atoms with Gasteiger partial charge in [-0.15, -0.1) is 0 Å². The van der Waals surface area contributed by atoms with E-state index >= 15 is 0 Å². The molecule has 7 nitrogen and oxygen atoms in total. The third-order valence-corrected chi connectivity index (χ3v) is 7.98. The zero-order valence-corrected chi connectivity index (χ0v) is 25.5. The Balaban J connectivity index is 1.38. The zero-order chi connectivity index (χ0) is 29.4. The first-order valence-corrected chi connectivity index (χ1v) is 15.3. The Labute approximate surface area is 245 Å². The average molecular weight is 558 g/mol. The number of hydrogen-bond donors (Lipinski definition) is 2. The number of amides is 3. The van der Waals surface area contributed by atoms with E-state index in [0.29, 0.717) is 24.1 Å². The molecule has 3 aromatic rings. The van der Waals surface area contributed by atoms with Gasteiger partial charge in [0.2, 0.25) is 5.91 Å². The highest BCUT2D eigenvalue weighted by Crippen LogP contribution is 2.28. The summed E-state index contributed by atoms with van der Waals surface area (Å²) in [5.74, 6) is 1.42. The van der Waals surface area contributed by atoms with Crippen LogP contribution in [0.2, 0.25) is 0 Å². The zero-order valence-electron chi connectivity index (χ0n) is 25.5. The average Bonchev–Trinajstić information content (AvgIpc) is 3.37. The summed E-state index contributed by atoms with van der Waals surface area (Å²) in [5, 5.41) is 11.0. The number of carbonyl (C=O) groups is 2. The molecule has 0 saturated carbocycles. The fourth-order valence-corrected chi connectivity index (χ4v) is 5.37. The van der Waals surface area contributed by atoms with Gasteiger partial charge in [0.05, 0.1) is 11.4 Å². The molecular weight excluding hydrogens is 510 g/mol. The maximum atomic E-state index is 13.3. The summed E-state index contributed by atoms with van der Waals surface area (Å²) in [6.07, 6.45) is 8.07. The van der Waals surface area contributed by atoms with Gasteiger partial charge < -0.3 is 10.2 Å². The number of likely N-dealkylation sites (tertiary alicyclic amines) is 1. The fraction of sp³-hybridized carbons (Fsp3) is 0.500. The summed E-state index contributed by atoms with van der Waals surface area (Å²) >= 11 is 0. The lowest BCUT2D eigenvalue weighted by atomic mass is 9.89. The van der Waals surface area contributed by atoms with Gasteiger partial charge in [-0.25, -0.2) is 9.48 Å². The fourth-order valence-electron chi connectivity index (χ4n) is 5.37. The molecule has 1 aliphatic rings. The van der Waals surface area contributed by atoms with Crippen LogP contribution in [0.25, 0.3) is 5.69 Å². The Morgan fingerprint density at radius 3 is 2.34 bits per heavy atom. The van der Waals surface area contributed by atoms with E-state index in [1.165, 1.54) is 18.4 Å². The highest BCUT2D eigenvalue weighted by Gasteiger charge is 2.24. The van der Waals surface area contributed by atoms with Crippen molar-refractivity contribution in [2.45, 2.75) is 91.4 Å². The Morgan fingerprint density at radius 2 is 1.66 bits per heavy atom. The molecule has 220 valence electrons. The summed E-state index contributed by atoms with van der Waals surface area (Å²) in [6, 6.07) is 17.8. The van der Waals surface area contributed by atoms with Crippen molar-refractivity contribution in [3.63, 3.8) is 0 Å². The summed E-state index contributed by atoms with van der Waals surface area (Å²) < 4.78 is 1.80. The summed E-state index contributed by atoms with van der Waals surface area (Å²) in [4.78, 5) is 27.9. The van der Waals surface area contributed by atoms with Gasteiger partial charge in [-0.2, -0.15) is 5.10 Å². The molecule has 0 radical (unpaired) electrons. The van der Waals surface area contributed by atoms with Crippen LogP contribution in [0.15, 0.2) is 54.6 Å². The predicted molar refractivity (Wildman–Crippen MR) is 168 cm³/mol. The van der Waals surface area contributed by atoms with E-state index in [2.05, 4.69) is 51.3 Å². The van der Waals surface area contributed by atoms with Crippen LogP contribution in [0.3, 0.4) is 0 Å². The Hall–Kier alpha value is -3.61. The van der Waals surface area contributed by atoms with Gasteiger partial charge in [-0.1, -0.05) is 82.9 Å². The molecule has 4 rings (SSSR count). The van der Waals surface area contributed by atoms with Crippen molar-refractivity contribution < 1.29 is 9.59 Å². The molecule has 2 aromatic carbocycles. The van der Waals surface area contributed by atoms with E-state index < -0.39 is 0 Å². The highest BCUT2D eigenvalue weighted by atomic mass is 16.2. The van der Waals surface area contributed by atoms with E-state index in [0.717, 1.165) is 67.8 Å². The maximum Gasteiger partial charge on any atom is 0.324 e. The van der Waals surface area contributed by atoms with Gasteiger partial charge in [-0.3, -0.25) is 10.1 Å². The Morgan fingerprint density at radius 1 is 0.951 bits per heavy atom. The van der Waals surface area contributed by atoms with Crippen LogP contribution >= 0.6 is 0 Å². The molecule has 2 heterocycles. The van der Waals surface area contributed by atoms with E-state index in [1.54, 1.807) is 4.68 Å². The van der Waals surface area contributed by atoms with Gasteiger partial charge in [-0.05, 0) is 62.3 Å². The second-order valence-corrected chi connectivity index (χ2v) is 12.5. The minimum absolute atomic E-state index is 0.162. The molecule has 3 amide bonds. The topological polar surface area (TPSA) is 79.3 Å². The maximum absolute atomic E-state index is 13.3. The van der Waals surface area contributed by atoms with Gasteiger partial charge in [0, 0.05) is 36.7 Å². The molecule has 0 bridgehead atoms. The van der Waals surface area contributed by atoms with Crippen LogP contribution in [-0.4, -0.2) is 39.7 Å². The normalized spacial score (nSPS) is 14.2. The second kappa shape index (κ2) is 13.8. The third kappa shape index (κ3) is 8.44. The molecular formula is C34H47N5O2. The smallest absolute Gasteiger partial charge is 0.324 e. The Kier molecular flexibility index (Phi) is 10.2. The number of urea groups is 1. The van der Waals surface area contributed by atoms with E-state index in [4.69, 9.17) is 5.10 Å². The summed E-state index contributed by atoms with van der Waals surface area (Å²) in [7, 11) is 0. The predicted octanol–water partition coefficient (Wildman–Crippen LogP) is 7.87. The van der Waals surface area contributed by atoms with E-state index in [-0.39, 0.29) is 11.4 Å². The number of aryl methyl sites for hydroxylation is 1. The molecule has 2 N–H and O–H groups in total. The molecule has 7 heteroatoms. The number of rotatable bonds is 10. The number of nitrogens with zero attached hydrogens (tertiary/aromatic N) is 3. The molecule has 0 aliphatic carbocycles. The lowest BCUT2D eigenvalue weighted by molar-refractivity contribution is -0.132. The van der Waals surface area contributed by atoms with Crippen molar-refractivity contribution in [3.8, 4) is 5.69 Å². The number of hydrogen-bond acceptors (Lipinski definition) is 3. The number of para-hydroxylation sites is 1. The lowest BCUT2D eigenvalue weighted by Crippen LogP contribution is -2.38. The summed E-state index contributed by atoms with van der Waals surface area (Å²) in [5.41, 5.74) is 4.74. The lowest BCUT2D eigenvalue weighted by Gasteiger charge is -2.32. The number of piperidine rings is 1. The first-order valence-electron chi connectivity index (χ1n) is 15.3. The standard InChI is InChI=1S/C34H47N5O2/c1-6-7-8-9-14-32(40)38-21-19-26(20-22-38)23-27-12-10-11-13-29(27)35-33(41)36-31-24-30(34(3,4)5)37-39(31)28-17-15-25(2)16-18-28/h10-13,15-18,24,26H,6-9,14,19-23H2,1-5H3,(H2,35,36,41). The van der Waals surface area contributed by atoms with Crippen LogP contribution in [-0.2, 0) is 16.6 Å². The first-order chi connectivity index (χ1) is 19.6. The number of aromatic nitrogens is 2. The first kappa shape index (κ1) is 30.4. The monoisotopic (exact) mass is 557 g/mol. The van der Waals surface area contributed by atoms with Crippen LogP contribution in [0.1, 0.15) is 89.5 Å². The molecule has 1 aromatic heterocycles. The van der Waals surface area contributed by atoms with Crippen molar-refractivity contribution >= 4 is 23.4 Å². The third-order valence-electron chi connectivity index (χ3n) is 7.98. The molecule has 1 saturated heterocycles. The van der Waals surface area contributed by atoms with Crippen molar-refractivity contribution in [1.29, 1.82) is 0 Å². The van der Waals surface area contributed by atoms with Gasteiger partial charge in [0.1, 0.15) is 5.82 Å². The van der Waals surface area contributed by atoms with E-state index in [1.807, 2.05) is 53.4 Å². The molecule has 41 heavy (non-hydrogen) atoms. The van der Waals surface area contributed by atoms with Gasteiger partial charge in [0.25, 0.3) is 0 Å². The number of nitrogens with one attached hydrogen (secondary N) is 2. The molecule has 1 aliphatic heterocycles. The van der Waals surface area contributed by atoms with Crippen LogP contribution in [0.5, 0.6) is 0 Å². The molecule has 0 unspecified atom stereocenters. The number of carbonyl (C=O) groups excluding carboxylic acids is 2. The largest absolute Gasteiger partial charge is 0.343 e. The molecule has 0 atom stereocenters. The number of anilines is 2. The van der Waals surface area contributed by atoms with Crippen LogP contribution in [0.4, 0.5) is 16.3 Å². The van der Waals surface area contributed by atoms with E-state index in [9.17, 15) is 9.59 Å². The second-order valence-electron chi connectivity index (χ2n) is 12.5. The Bertz CT molecular complexity index is 1300. The van der Waals surface area contributed by atoms with Gasteiger partial charge >= 0.3 is 6.03 Å². The van der Waals surface area contributed by atoms with Crippen molar-refractivity contribution in [1.82, 2.24) is 14.7 Å². The number of benzene rings is 2. The summed E-state index contributed by atoms with van der Waals surface area (Å²) in [6.45, 7) is 12.2. The highest BCUT2D eigenvalue weighted by molar-refractivity contribution is 6.00. The quantitative estimate of drug-likeness (QED) is 0.249. The van der Waals surface area contributed by atoms with Crippen molar-refractivity contribution in [3.05, 3.63) is 71.4 Å². The minimum atomic E-state index is -0.297. The van der Waals surface area contributed by atoms with Crippen LogP contribution < -0.4 is 10.6 Å². The number of unbranched alkanes of at least 4 members (excludes halogenated alkanes) is 3. The van der Waals surface area contributed by atoms with Gasteiger partial charge in [0.15, 0.2) is 0 Å². The van der Waals surface area contributed by atoms with Crippen molar-refractivity contribution in [2.75, 3.05) is 23.7 Å². The minimum Gasteiger partial charge on any atom is -0.343 e.